The fraction of sp³-hybridized carbons (Fsp3) is 0.417. The van der Waals surface area contributed by atoms with Gasteiger partial charge in [0, 0.05) is 19.8 Å². The van der Waals surface area contributed by atoms with Crippen LogP contribution in [0.4, 0.5) is 10.5 Å². The van der Waals surface area contributed by atoms with Crippen LogP contribution in [-0.4, -0.2) is 46.6 Å². The number of carbonyl (C=O) groups excluding carboxylic acids is 1. The van der Waals surface area contributed by atoms with Crippen LogP contribution in [0.25, 0.3) is 0 Å². The number of anilines is 1. The highest BCUT2D eigenvalue weighted by Gasteiger charge is 2.50. The Morgan fingerprint density at radius 2 is 2.33 bits per heavy atom. The van der Waals surface area contributed by atoms with Gasteiger partial charge in [0.1, 0.15) is 0 Å². The maximum absolute atomic E-state index is 11.1. The van der Waals surface area contributed by atoms with E-state index in [1.54, 1.807) is 31.6 Å². The zero-order valence-corrected chi connectivity index (χ0v) is 10.1. The second kappa shape index (κ2) is 4.64. The van der Waals surface area contributed by atoms with Crippen molar-refractivity contribution in [3.63, 3.8) is 0 Å². The molecule has 0 radical (unpaired) electrons. The molecule has 0 aromatic carbocycles. The first-order valence-electron chi connectivity index (χ1n) is 5.68. The summed E-state index contributed by atoms with van der Waals surface area (Å²) in [6.45, 7) is 0.366. The number of hydrogen-bond acceptors (Lipinski definition) is 3. The molecule has 2 rings (SSSR count). The highest BCUT2D eigenvalue weighted by atomic mass is 16.4. The van der Waals surface area contributed by atoms with Gasteiger partial charge in [0.25, 0.3) is 0 Å². The number of carboxylic acid groups (broad SMARTS) is 1. The van der Waals surface area contributed by atoms with Gasteiger partial charge in [-0.3, -0.25) is 9.78 Å². The van der Waals surface area contributed by atoms with Crippen molar-refractivity contribution in [3.05, 3.63) is 24.5 Å². The van der Waals surface area contributed by atoms with Crippen molar-refractivity contribution >= 4 is 18.2 Å². The summed E-state index contributed by atoms with van der Waals surface area (Å²) in [6, 6.07) is 3.52. The number of nitrogens with zero attached hydrogens (tertiary/aromatic N) is 3. The molecule has 0 saturated heterocycles. The second-order valence-electron chi connectivity index (χ2n) is 4.51. The van der Waals surface area contributed by atoms with E-state index in [0.717, 1.165) is 12.8 Å². The third-order valence-corrected chi connectivity index (χ3v) is 3.40. The zero-order valence-electron chi connectivity index (χ0n) is 10.1. The Bertz CT molecular complexity index is 445. The molecule has 6 nitrogen and oxygen atoms in total. The van der Waals surface area contributed by atoms with Gasteiger partial charge in [0.2, 0.25) is 6.41 Å². The third-order valence-electron chi connectivity index (χ3n) is 3.40. The molecule has 0 bridgehead atoms. The predicted molar refractivity (Wildman–Crippen MR) is 65.4 cm³/mol. The van der Waals surface area contributed by atoms with Crippen molar-refractivity contribution < 1.29 is 14.7 Å². The number of carbonyl (C=O) groups is 2. The van der Waals surface area contributed by atoms with E-state index in [1.165, 1.54) is 9.80 Å². The van der Waals surface area contributed by atoms with Crippen LogP contribution in [0.3, 0.4) is 0 Å². The highest BCUT2D eigenvalue weighted by molar-refractivity contribution is 5.75. The Kier molecular flexibility index (Phi) is 3.18. The van der Waals surface area contributed by atoms with E-state index < -0.39 is 11.6 Å². The molecule has 1 N–H and O–H groups in total. The maximum atomic E-state index is 11.1. The van der Waals surface area contributed by atoms with Gasteiger partial charge in [-0.15, -0.1) is 0 Å². The van der Waals surface area contributed by atoms with Gasteiger partial charge in [-0.25, -0.2) is 4.79 Å². The fourth-order valence-electron chi connectivity index (χ4n) is 1.98. The SMILES string of the molecule is CN(C(=O)O)C1(CN(C=O)c2cccnc2)CC1. The number of amides is 2. The second-order valence-corrected chi connectivity index (χ2v) is 4.51. The summed E-state index contributed by atoms with van der Waals surface area (Å²) in [7, 11) is 1.54. The lowest BCUT2D eigenvalue weighted by Gasteiger charge is -2.29. The lowest BCUT2D eigenvalue weighted by atomic mass is 10.2. The molecule has 1 heterocycles. The van der Waals surface area contributed by atoms with Crippen molar-refractivity contribution in [1.82, 2.24) is 9.88 Å². The molecule has 96 valence electrons. The number of rotatable bonds is 5. The minimum atomic E-state index is -0.968. The van der Waals surface area contributed by atoms with Gasteiger partial charge in [0.05, 0.1) is 17.4 Å². The fourth-order valence-corrected chi connectivity index (χ4v) is 1.98. The van der Waals surface area contributed by atoms with Crippen molar-refractivity contribution in [3.8, 4) is 0 Å². The molecule has 0 atom stereocenters. The topological polar surface area (TPSA) is 73.7 Å². The Morgan fingerprint density at radius 3 is 2.78 bits per heavy atom. The van der Waals surface area contributed by atoms with Crippen LogP contribution in [-0.2, 0) is 4.79 Å². The molecular formula is C12H15N3O3. The summed E-state index contributed by atoms with van der Waals surface area (Å²) in [5, 5.41) is 9.02. The molecule has 6 heteroatoms. The molecule has 0 aliphatic heterocycles. The Hall–Kier alpha value is -2.11. The molecule has 0 spiro atoms. The van der Waals surface area contributed by atoms with E-state index in [1.807, 2.05) is 0 Å². The summed E-state index contributed by atoms with van der Waals surface area (Å²) < 4.78 is 0. The molecule has 2 amide bonds. The van der Waals surface area contributed by atoms with E-state index >= 15 is 0 Å². The van der Waals surface area contributed by atoms with Crippen LogP contribution in [0.1, 0.15) is 12.8 Å². The highest BCUT2D eigenvalue weighted by Crippen LogP contribution is 2.42. The van der Waals surface area contributed by atoms with Crippen molar-refractivity contribution in [1.29, 1.82) is 0 Å². The summed E-state index contributed by atoms with van der Waals surface area (Å²) in [6.07, 6.45) is 4.52. The molecule has 1 aliphatic rings. The Morgan fingerprint density at radius 1 is 1.61 bits per heavy atom. The third kappa shape index (κ3) is 2.27. The molecule has 1 saturated carbocycles. The molecule has 1 aromatic rings. The van der Waals surface area contributed by atoms with Crippen LogP contribution in [0.2, 0.25) is 0 Å². The van der Waals surface area contributed by atoms with E-state index in [9.17, 15) is 9.59 Å². The van der Waals surface area contributed by atoms with Gasteiger partial charge in [-0.05, 0) is 25.0 Å². The first-order chi connectivity index (χ1) is 8.59. The van der Waals surface area contributed by atoms with Crippen molar-refractivity contribution in [2.24, 2.45) is 0 Å². The van der Waals surface area contributed by atoms with E-state index in [-0.39, 0.29) is 0 Å². The van der Waals surface area contributed by atoms with Crippen molar-refractivity contribution in [2.75, 3.05) is 18.5 Å². The van der Waals surface area contributed by atoms with E-state index in [2.05, 4.69) is 4.98 Å². The number of likely N-dealkylation sites (N-methyl/N-ethyl adjacent to an activating group) is 1. The Labute approximate surface area is 105 Å². The predicted octanol–water partition coefficient (Wildman–Crippen LogP) is 1.19. The zero-order chi connectivity index (χ0) is 13.2. The number of aromatic nitrogens is 1. The van der Waals surface area contributed by atoms with Crippen LogP contribution in [0.15, 0.2) is 24.5 Å². The van der Waals surface area contributed by atoms with Crippen LogP contribution < -0.4 is 4.90 Å². The lowest BCUT2D eigenvalue weighted by molar-refractivity contribution is -0.107. The van der Waals surface area contributed by atoms with Crippen molar-refractivity contribution in [2.45, 2.75) is 18.4 Å². The van der Waals surface area contributed by atoms with Gasteiger partial charge in [-0.2, -0.15) is 0 Å². The molecular weight excluding hydrogens is 234 g/mol. The van der Waals surface area contributed by atoms with Gasteiger partial charge in [0.15, 0.2) is 0 Å². The smallest absolute Gasteiger partial charge is 0.407 e. The summed E-state index contributed by atoms with van der Waals surface area (Å²) in [4.78, 5) is 28.9. The first kappa shape index (κ1) is 12.3. The Balaban J connectivity index is 2.12. The number of pyridine rings is 1. The standard InChI is InChI=1S/C12H15N3O3/c1-14(11(17)18)12(4-5-12)8-15(9-16)10-3-2-6-13-7-10/h2-3,6-7,9H,4-5,8H2,1H3,(H,17,18). The molecule has 18 heavy (non-hydrogen) atoms. The molecule has 1 aromatic heterocycles. The normalized spacial score (nSPS) is 15.8. The van der Waals surface area contributed by atoms with Gasteiger partial charge < -0.3 is 14.9 Å². The number of hydrogen-bond donors (Lipinski definition) is 1. The average Bonchev–Trinajstić information content (AvgIpc) is 3.17. The first-order valence-corrected chi connectivity index (χ1v) is 5.68. The van der Waals surface area contributed by atoms with E-state index in [0.29, 0.717) is 18.6 Å². The van der Waals surface area contributed by atoms with E-state index in [4.69, 9.17) is 5.11 Å². The minimum Gasteiger partial charge on any atom is -0.465 e. The van der Waals surface area contributed by atoms with Gasteiger partial charge in [-0.1, -0.05) is 0 Å². The maximum Gasteiger partial charge on any atom is 0.407 e. The summed E-state index contributed by atoms with van der Waals surface area (Å²) >= 11 is 0. The summed E-state index contributed by atoms with van der Waals surface area (Å²) in [5.41, 5.74) is 0.236. The molecule has 0 unspecified atom stereocenters. The largest absolute Gasteiger partial charge is 0.465 e. The molecule has 1 aliphatic carbocycles. The summed E-state index contributed by atoms with van der Waals surface area (Å²) in [5.74, 6) is 0. The minimum absolute atomic E-state index is 0.366. The van der Waals surface area contributed by atoms with Crippen LogP contribution in [0, 0.1) is 0 Å². The quantitative estimate of drug-likeness (QED) is 0.795. The lowest BCUT2D eigenvalue weighted by Crippen LogP contribution is -2.46. The van der Waals surface area contributed by atoms with Crippen LogP contribution in [0.5, 0.6) is 0 Å². The average molecular weight is 249 g/mol. The molecule has 1 fully saturated rings. The van der Waals surface area contributed by atoms with Crippen LogP contribution >= 0.6 is 0 Å². The monoisotopic (exact) mass is 249 g/mol. The van der Waals surface area contributed by atoms with Gasteiger partial charge >= 0.3 is 6.09 Å².